The average molecular weight is 281 g/mol. The largest absolute Gasteiger partial charge is 0.492 e. The van der Waals surface area contributed by atoms with E-state index in [0.29, 0.717) is 13.2 Å². The predicted molar refractivity (Wildman–Crippen MR) is 82.7 cm³/mol. The van der Waals surface area contributed by atoms with Crippen LogP contribution < -0.4 is 4.74 Å². The lowest BCUT2D eigenvalue weighted by atomic mass is 10.1. The lowest BCUT2D eigenvalue weighted by Crippen LogP contribution is -2.31. The Kier molecular flexibility index (Phi) is 4.02. The van der Waals surface area contributed by atoms with Crippen LogP contribution in [-0.2, 0) is 6.54 Å². The number of ketones is 1. The van der Waals surface area contributed by atoms with Crippen molar-refractivity contribution in [2.75, 3.05) is 19.7 Å². The SMILES string of the molecule is Cc1cccc(C(=O)CN2CCOc3ccccc3C2)c1. The summed E-state index contributed by atoms with van der Waals surface area (Å²) in [6.45, 7) is 4.59. The van der Waals surface area contributed by atoms with Gasteiger partial charge in [-0.1, -0.05) is 42.0 Å². The highest BCUT2D eigenvalue weighted by molar-refractivity contribution is 5.97. The molecule has 3 rings (SSSR count). The van der Waals surface area contributed by atoms with Crippen molar-refractivity contribution in [1.29, 1.82) is 0 Å². The fraction of sp³-hybridized carbons (Fsp3) is 0.278. The number of para-hydroxylation sites is 1. The third-order valence-electron chi connectivity index (χ3n) is 3.74. The van der Waals surface area contributed by atoms with Gasteiger partial charge < -0.3 is 4.74 Å². The topological polar surface area (TPSA) is 29.5 Å². The van der Waals surface area contributed by atoms with Crippen LogP contribution in [0.5, 0.6) is 5.75 Å². The van der Waals surface area contributed by atoms with Gasteiger partial charge in [0.25, 0.3) is 0 Å². The molecule has 1 heterocycles. The van der Waals surface area contributed by atoms with Crippen molar-refractivity contribution in [3.63, 3.8) is 0 Å². The molecule has 0 saturated heterocycles. The zero-order valence-electron chi connectivity index (χ0n) is 12.2. The predicted octanol–water partition coefficient (Wildman–Crippen LogP) is 3.07. The van der Waals surface area contributed by atoms with E-state index < -0.39 is 0 Å². The number of carbonyl (C=O) groups is 1. The number of aryl methyl sites for hydroxylation is 1. The Hall–Kier alpha value is -2.13. The van der Waals surface area contributed by atoms with Gasteiger partial charge in [0, 0.05) is 24.2 Å². The second-order valence-electron chi connectivity index (χ2n) is 5.46. The maximum absolute atomic E-state index is 12.4. The van der Waals surface area contributed by atoms with Crippen LogP contribution in [-0.4, -0.2) is 30.4 Å². The Morgan fingerprint density at radius 2 is 2.05 bits per heavy atom. The van der Waals surface area contributed by atoms with Gasteiger partial charge in [0.15, 0.2) is 5.78 Å². The quantitative estimate of drug-likeness (QED) is 0.810. The van der Waals surface area contributed by atoms with Gasteiger partial charge in [-0.15, -0.1) is 0 Å². The van der Waals surface area contributed by atoms with Gasteiger partial charge in [0.2, 0.25) is 0 Å². The molecule has 0 unspecified atom stereocenters. The van der Waals surface area contributed by atoms with E-state index in [1.165, 1.54) is 0 Å². The first-order valence-corrected chi connectivity index (χ1v) is 7.25. The van der Waals surface area contributed by atoms with E-state index in [9.17, 15) is 4.79 Å². The molecule has 3 heteroatoms. The molecule has 0 N–H and O–H groups in total. The molecule has 0 spiro atoms. The molecule has 2 aromatic carbocycles. The number of fused-ring (bicyclic) bond motifs is 1. The third kappa shape index (κ3) is 3.31. The summed E-state index contributed by atoms with van der Waals surface area (Å²) < 4.78 is 5.73. The van der Waals surface area contributed by atoms with E-state index in [1.54, 1.807) is 0 Å². The molecule has 0 fully saturated rings. The average Bonchev–Trinajstić information content (AvgIpc) is 2.68. The van der Waals surface area contributed by atoms with E-state index in [4.69, 9.17) is 4.74 Å². The van der Waals surface area contributed by atoms with Crippen LogP contribution >= 0.6 is 0 Å². The van der Waals surface area contributed by atoms with Crippen molar-refractivity contribution >= 4 is 5.78 Å². The molecule has 1 aliphatic rings. The first-order valence-electron chi connectivity index (χ1n) is 7.25. The molecule has 0 aromatic heterocycles. The molecule has 0 saturated carbocycles. The van der Waals surface area contributed by atoms with Crippen LogP contribution in [0.1, 0.15) is 21.5 Å². The highest BCUT2D eigenvalue weighted by Gasteiger charge is 2.18. The van der Waals surface area contributed by atoms with Crippen molar-refractivity contribution in [2.24, 2.45) is 0 Å². The van der Waals surface area contributed by atoms with Crippen molar-refractivity contribution in [1.82, 2.24) is 4.90 Å². The molecule has 0 aliphatic carbocycles. The van der Waals surface area contributed by atoms with E-state index >= 15 is 0 Å². The first-order chi connectivity index (χ1) is 10.2. The van der Waals surface area contributed by atoms with Gasteiger partial charge in [-0.25, -0.2) is 0 Å². The summed E-state index contributed by atoms with van der Waals surface area (Å²) in [5.74, 6) is 1.10. The number of ether oxygens (including phenoxy) is 1. The number of rotatable bonds is 3. The zero-order chi connectivity index (χ0) is 14.7. The summed E-state index contributed by atoms with van der Waals surface area (Å²) in [6, 6.07) is 15.8. The Labute approximate surface area is 125 Å². The minimum absolute atomic E-state index is 0.165. The molecule has 2 aromatic rings. The van der Waals surface area contributed by atoms with Gasteiger partial charge in [0.05, 0.1) is 6.54 Å². The Bertz CT molecular complexity index is 651. The summed E-state index contributed by atoms with van der Waals surface area (Å²) in [6.07, 6.45) is 0. The lowest BCUT2D eigenvalue weighted by molar-refractivity contribution is 0.0921. The van der Waals surface area contributed by atoms with Crippen LogP contribution in [0.3, 0.4) is 0 Å². The molecular formula is C18H19NO2. The second-order valence-corrected chi connectivity index (χ2v) is 5.46. The van der Waals surface area contributed by atoms with Crippen molar-refractivity contribution in [3.8, 4) is 5.75 Å². The number of nitrogens with zero attached hydrogens (tertiary/aromatic N) is 1. The zero-order valence-corrected chi connectivity index (χ0v) is 12.2. The normalized spacial score (nSPS) is 14.9. The van der Waals surface area contributed by atoms with Gasteiger partial charge in [-0.05, 0) is 19.1 Å². The number of hydrogen-bond acceptors (Lipinski definition) is 3. The number of hydrogen-bond donors (Lipinski definition) is 0. The van der Waals surface area contributed by atoms with Gasteiger partial charge in [0.1, 0.15) is 12.4 Å². The van der Waals surface area contributed by atoms with Crippen LogP contribution in [0.4, 0.5) is 0 Å². The van der Waals surface area contributed by atoms with Crippen molar-refractivity contribution in [3.05, 3.63) is 65.2 Å². The highest BCUT2D eigenvalue weighted by atomic mass is 16.5. The summed E-state index contributed by atoms with van der Waals surface area (Å²) in [5.41, 5.74) is 3.05. The minimum atomic E-state index is 0.165. The smallest absolute Gasteiger partial charge is 0.176 e. The molecular weight excluding hydrogens is 262 g/mol. The van der Waals surface area contributed by atoms with Crippen LogP contribution in [0.2, 0.25) is 0 Å². The number of benzene rings is 2. The third-order valence-corrected chi connectivity index (χ3v) is 3.74. The Morgan fingerprint density at radius 3 is 2.90 bits per heavy atom. The molecule has 108 valence electrons. The first kappa shape index (κ1) is 13.8. The molecule has 21 heavy (non-hydrogen) atoms. The van der Waals surface area contributed by atoms with Crippen LogP contribution in [0.25, 0.3) is 0 Å². The Morgan fingerprint density at radius 1 is 1.19 bits per heavy atom. The maximum Gasteiger partial charge on any atom is 0.176 e. The minimum Gasteiger partial charge on any atom is -0.492 e. The number of carbonyl (C=O) groups excluding carboxylic acids is 1. The fourth-order valence-electron chi connectivity index (χ4n) is 2.63. The summed E-state index contributed by atoms with van der Waals surface area (Å²) in [4.78, 5) is 14.6. The highest BCUT2D eigenvalue weighted by Crippen LogP contribution is 2.22. The summed E-state index contributed by atoms with van der Waals surface area (Å²) >= 11 is 0. The van der Waals surface area contributed by atoms with Gasteiger partial charge in [-0.3, -0.25) is 9.69 Å². The maximum atomic E-state index is 12.4. The fourth-order valence-corrected chi connectivity index (χ4v) is 2.63. The summed E-state index contributed by atoms with van der Waals surface area (Å²) in [7, 11) is 0. The van der Waals surface area contributed by atoms with E-state index in [0.717, 1.165) is 35.5 Å². The van der Waals surface area contributed by atoms with Crippen molar-refractivity contribution in [2.45, 2.75) is 13.5 Å². The van der Waals surface area contributed by atoms with E-state index in [2.05, 4.69) is 11.0 Å². The molecule has 0 amide bonds. The van der Waals surface area contributed by atoms with Crippen LogP contribution in [0.15, 0.2) is 48.5 Å². The Balaban J connectivity index is 1.72. The van der Waals surface area contributed by atoms with Gasteiger partial charge >= 0.3 is 0 Å². The lowest BCUT2D eigenvalue weighted by Gasteiger charge is -2.18. The molecule has 0 atom stereocenters. The molecule has 1 aliphatic heterocycles. The monoisotopic (exact) mass is 281 g/mol. The van der Waals surface area contributed by atoms with Gasteiger partial charge in [-0.2, -0.15) is 0 Å². The van der Waals surface area contributed by atoms with E-state index in [1.807, 2.05) is 49.4 Å². The van der Waals surface area contributed by atoms with E-state index in [-0.39, 0.29) is 5.78 Å². The molecule has 3 nitrogen and oxygen atoms in total. The van der Waals surface area contributed by atoms with Crippen LogP contribution in [0, 0.1) is 6.92 Å². The molecule has 0 radical (unpaired) electrons. The standard InChI is InChI=1S/C18H19NO2/c1-14-5-4-7-15(11-14)17(20)13-19-9-10-21-18-8-3-2-6-16(18)12-19/h2-8,11H,9-10,12-13H2,1H3. The number of Topliss-reactive ketones (excluding diaryl/α,β-unsaturated/α-hetero) is 1. The summed E-state index contributed by atoms with van der Waals surface area (Å²) in [5, 5.41) is 0. The molecule has 0 bridgehead atoms. The second kappa shape index (κ2) is 6.10. The van der Waals surface area contributed by atoms with Crippen molar-refractivity contribution < 1.29 is 9.53 Å².